The van der Waals surface area contributed by atoms with Gasteiger partial charge in [0, 0.05) is 18.3 Å². The highest BCUT2D eigenvalue weighted by atomic mass is 31.2. The van der Waals surface area contributed by atoms with Crippen LogP contribution in [0.2, 0.25) is 0 Å². The van der Waals surface area contributed by atoms with Crippen LogP contribution in [0.1, 0.15) is 54.9 Å². The van der Waals surface area contributed by atoms with E-state index in [1.54, 1.807) is 27.7 Å². The van der Waals surface area contributed by atoms with Crippen molar-refractivity contribution in [1.82, 2.24) is 20.4 Å². The fraction of sp³-hybridized carbons (Fsp3) is 0.720. The second-order valence-corrected chi connectivity index (χ2v) is 13.1. The Morgan fingerprint density at radius 1 is 1.20 bits per heavy atom. The summed E-state index contributed by atoms with van der Waals surface area (Å²) in [5.41, 5.74) is -3.59. The molecule has 7 atom stereocenters. The molecule has 2 unspecified atom stereocenters. The van der Waals surface area contributed by atoms with Crippen LogP contribution in [-0.2, 0) is 32.9 Å². The van der Waals surface area contributed by atoms with Gasteiger partial charge in [-0.3, -0.25) is 23.6 Å². The van der Waals surface area contributed by atoms with Crippen LogP contribution in [0.25, 0.3) is 0 Å². The highest BCUT2D eigenvalue weighted by molar-refractivity contribution is 7.54. The zero-order chi connectivity index (χ0) is 31.1. The van der Waals surface area contributed by atoms with Gasteiger partial charge in [0.15, 0.2) is 0 Å². The minimum absolute atomic E-state index is 0.0305. The molecule has 2 heterocycles. The molecule has 3 rings (SSSR count). The molecule has 41 heavy (non-hydrogen) atoms. The number of ether oxygens (including phenoxy) is 3. The number of amides is 2. The van der Waals surface area contributed by atoms with Crippen molar-refractivity contribution >= 4 is 25.6 Å². The van der Waals surface area contributed by atoms with Crippen molar-refractivity contribution in [1.29, 1.82) is 0 Å². The monoisotopic (exact) mass is 606 g/mol. The maximum Gasteiger partial charge on any atom is 0.342 e. The van der Waals surface area contributed by atoms with E-state index in [0.29, 0.717) is 5.70 Å². The zero-order valence-electron chi connectivity index (χ0n) is 24.2. The molecule has 1 aliphatic carbocycles. The lowest BCUT2D eigenvalue weighted by Gasteiger charge is -2.31. The van der Waals surface area contributed by atoms with Gasteiger partial charge in [0.25, 0.3) is 5.85 Å². The highest BCUT2D eigenvalue weighted by Crippen LogP contribution is 2.62. The number of allylic oxidation sites excluding steroid dienone is 1. The third kappa shape index (κ3) is 6.82. The van der Waals surface area contributed by atoms with Crippen LogP contribution in [0.4, 0.5) is 9.18 Å². The van der Waals surface area contributed by atoms with Gasteiger partial charge in [-0.05, 0) is 54.5 Å². The number of halogens is 1. The average Bonchev–Trinajstić information content (AvgIpc) is 3.53. The van der Waals surface area contributed by atoms with Crippen LogP contribution in [0, 0.1) is 0 Å². The molecule has 1 saturated heterocycles. The van der Waals surface area contributed by atoms with E-state index in [1.165, 1.54) is 31.0 Å². The predicted molar refractivity (Wildman–Crippen MR) is 143 cm³/mol. The van der Waals surface area contributed by atoms with Gasteiger partial charge >= 0.3 is 25.6 Å². The molecule has 14 nitrogen and oxygen atoms in total. The predicted octanol–water partition coefficient (Wildman–Crippen LogP) is 1.34. The SMILES string of the molecule is C=C1C=CN(C2CC23O[C@](F)(COP(=O)(N[C@@H](C)C(=O)OC(C)C)N[C@@H](C)C(=O)OC(C)C)[C@@H](O)[C@@]3(C)O)C(=O)N1. The maximum absolute atomic E-state index is 16.2. The van der Waals surface area contributed by atoms with Gasteiger partial charge in [0.2, 0.25) is 0 Å². The first kappa shape index (κ1) is 33.1. The number of aliphatic hydroxyl groups is 2. The van der Waals surface area contributed by atoms with Crippen molar-refractivity contribution in [3.63, 3.8) is 0 Å². The van der Waals surface area contributed by atoms with E-state index in [9.17, 15) is 29.2 Å². The van der Waals surface area contributed by atoms with Crippen LogP contribution in [0.3, 0.4) is 0 Å². The van der Waals surface area contributed by atoms with Crippen LogP contribution < -0.4 is 15.5 Å². The van der Waals surface area contributed by atoms with Crippen molar-refractivity contribution in [2.45, 2.75) is 108 Å². The van der Waals surface area contributed by atoms with Gasteiger partial charge in [-0.2, -0.15) is 0 Å². The number of aliphatic hydroxyl groups excluding tert-OH is 1. The third-order valence-electron chi connectivity index (χ3n) is 6.88. The van der Waals surface area contributed by atoms with Gasteiger partial charge in [-0.1, -0.05) is 6.58 Å². The molecule has 0 radical (unpaired) electrons. The number of hydrogen-bond acceptors (Lipinski definition) is 10. The quantitative estimate of drug-likeness (QED) is 0.159. The van der Waals surface area contributed by atoms with Crippen molar-refractivity contribution in [2.75, 3.05) is 6.61 Å². The van der Waals surface area contributed by atoms with E-state index in [0.717, 1.165) is 6.92 Å². The zero-order valence-corrected chi connectivity index (χ0v) is 25.1. The van der Waals surface area contributed by atoms with E-state index in [-0.39, 0.29) is 6.42 Å². The maximum atomic E-state index is 16.2. The summed E-state index contributed by atoms with van der Waals surface area (Å²) in [6.07, 6.45) is -0.307. The summed E-state index contributed by atoms with van der Waals surface area (Å²) in [6, 6.07) is -3.91. The molecule has 0 aromatic heterocycles. The normalized spacial score (nSPS) is 32.8. The first-order valence-electron chi connectivity index (χ1n) is 13.2. The highest BCUT2D eigenvalue weighted by Gasteiger charge is 2.81. The largest absolute Gasteiger partial charge is 0.462 e. The van der Waals surface area contributed by atoms with Crippen molar-refractivity contribution in [3.05, 3.63) is 24.6 Å². The summed E-state index contributed by atoms with van der Waals surface area (Å²) in [7, 11) is -4.48. The standard InChI is InChI=1S/C25H40FN4O10P/c1-13(2)38-19(31)16(6)28-41(36,29-17(7)20(32)39-14(3)4)37-12-25(26)21(33)23(8,35)24(40-25)11-18(24)30-10-9-15(5)27-22(30)34/h9-10,13-14,16-18,21,33,35H,5,11-12H2,1-4,6-8H3,(H,27,34)(H2,28,29,36)/t16-,17-,18?,21-,23+,24?,25+/m0/s1. The van der Waals surface area contributed by atoms with E-state index in [4.69, 9.17) is 18.7 Å². The first-order valence-corrected chi connectivity index (χ1v) is 14.9. The number of esters is 2. The number of alkyl halides is 1. The Labute approximate surface area is 238 Å². The number of nitrogens with one attached hydrogen (secondary N) is 3. The van der Waals surface area contributed by atoms with E-state index in [2.05, 4.69) is 22.1 Å². The summed E-state index contributed by atoms with van der Waals surface area (Å²) in [4.78, 5) is 38.4. The molecule has 5 N–H and O–H groups in total. The number of rotatable bonds is 12. The van der Waals surface area contributed by atoms with Crippen LogP contribution >= 0.6 is 7.67 Å². The lowest BCUT2D eigenvalue weighted by molar-refractivity contribution is -0.198. The second kappa shape index (κ2) is 11.7. The number of urea groups is 1. The Morgan fingerprint density at radius 3 is 2.17 bits per heavy atom. The van der Waals surface area contributed by atoms with E-state index >= 15 is 4.39 Å². The average molecular weight is 607 g/mol. The number of carbonyl (C=O) groups excluding carboxylic acids is 3. The lowest BCUT2D eigenvalue weighted by Crippen LogP contribution is -2.53. The molecule has 1 saturated carbocycles. The lowest BCUT2D eigenvalue weighted by atomic mass is 9.89. The van der Waals surface area contributed by atoms with E-state index < -0.39 is 85.7 Å². The van der Waals surface area contributed by atoms with Crippen molar-refractivity contribution in [3.8, 4) is 0 Å². The Hall–Kier alpha value is -2.39. The molecule has 0 bridgehead atoms. The second-order valence-electron chi connectivity index (χ2n) is 11.2. The molecular formula is C25H40FN4O10P. The smallest absolute Gasteiger partial charge is 0.342 e. The number of carbonyl (C=O) groups is 3. The fourth-order valence-corrected chi connectivity index (χ4v) is 6.54. The molecule has 2 fully saturated rings. The molecular weight excluding hydrogens is 566 g/mol. The Morgan fingerprint density at radius 2 is 1.71 bits per heavy atom. The molecule has 232 valence electrons. The third-order valence-corrected chi connectivity index (χ3v) is 8.83. The molecule has 1 spiro atoms. The molecule has 2 aliphatic heterocycles. The molecule has 0 aromatic rings. The van der Waals surface area contributed by atoms with Crippen molar-refractivity contribution in [2.24, 2.45) is 0 Å². The molecule has 0 aromatic carbocycles. The molecule has 3 aliphatic rings. The molecule has 2 amide bonds. The van der Waals surface area contributed by atoms with Crippen LogP contribution in [0.5, 0.6) is 0 Å². The topological polar surface area (TPSA) is 185 Å². The number of nitrogens with zero attached hydrogens (tertiary/aromatic N) is 1. The summed E-state index contributed by atoms with van der Waals surface area (Å²) in [6.45, 7) is 12.7. The fourth-order valence-electron chi connectivity index (χ4n) is 4.73. The first-order chi connectivity index (χ1) is 18.8. The summed E-state index contributed by atoms with van der Waals surface area (Å²) in [5.74, 6) is -4.71. The van der Waals surface area contributed by atoms with Crippen LogP contribution in [0.15, 0.2) is 24.6 Å². The van der Waals surface area contributed by atoms with Gasteiger partial charge in [-0.25, -0.2) is 19.4 Å². The Bertz CT molecular complexity index is 1120. The van der Waals surface area contributed by atoms with Gasteiger partial charge in [0.1, 0.15) is 36.0 Å². The summed E-state index contributed by atoms with van der Waals surface area (Å²) < 4.78 is 51.3. The van der Waals surface area contributed by atoms with Gasteiger partial charge in [0.05, 0.1) is 18.2 Å². The van der Waals surface area contributed by atoms with Gasteiger partial charge < -0.3 is 29.7 Å². The van der Waals surface area contributed by atoms with Gasteiger partial charge in [-0.15, -0.1) is 0 Å². The summed E-state index contributed by atoms with van der Waals surface area (Å²) in [5, 5.41) is 29.3. The minimum Gasteiger partial charge on any atom is -0.462 e. The molecule has 16 heteroatoms. The minimum atomic E-state index is -4.48. The number of hydrogen-bond donors (Lipinski definition) is 5. The Kier molecular flexibility index (Phi) is 9.46. The summed E-state index contributed by atoms with van der Waals surface area (Å²) >= 11 is 0. The van der Waals surface area contributed by atoms with E-state index in [1.807, 2.05) is 0 Å². The Balaban J connectivity index is 1.81. The van der Waals surface area contributed by atoms with Crippen LogP contribution in [-0.4, -0.2) is 93.2 Å². The van der Waals surface area contributed by atoms with Crippen molar-refractivity contribution < 1.29 is 52.3 Å².